The highest BCUT2D eigenvalue weighted by Crippen LogP contribution is 2.33. The second-order valence-electron chi connectivity index (χ2n) is 7.71. The maximum Gasteiger partial charge on any atom is 0.253 e. The number of hydrogen-bond donors (Lipinski definition) is 2. The normalized spacial score (nSPS) is 16.2. The Balaban J connectivity index is 1.54. The van der Waals surface area contributed by atoms with Crippen molar-refractivity contribution in [1.82, 2.24) is 15.5 Å². The summed E-state index contributed by atoms with van der Waals surface area (Å²) >= 11 is 6.19. The van der Waals surface area contributed by atoms with Gasteiger partial charge in [-0.15, -0.1) is 0 Å². The average molecular weight is 444 g/mol. The smallest absolute Gasteiger partial charge is 0.253 e. The van der Waals surface area contributed by atoms with Crippen molar-refractivity contribution in [3.63, 3.8) is 0 Å². The van der Waals surface area contributed by atoms with E-state index >= 15 is 0 Å². The Morgan fingerprint density at radius 3 is 2.65 bits per heavy atom. The molecule has 1 saturated heterocycles. The maximum atomic E-state index is 12.0. The molecule has 0 aromatic heterocycles. The van der Waals surface area contributed by atoms with Crippen LogP contribution in [0.25, 0.3) is 0 Å². The Morgan fingerprint density at radius 1 is 1.26 bits per heavy atom. The van der Waals surface area contributed by atoms with E-state index in [0.717, 1.165) is 42.5 Å². The number of carbonyl (C=O) groups excluding carboxylic acids is 1. The molecule has 1 aliphatic rings. The molecule has 166 valence electrons. The number of aliphatic imine (C=N–C) groups is 1. The van der Waals surface area contributed by atoms with Gasteiger partial charge in [-0.2, -0.15) is 0 Å². The van der Waals surface area contributed by atoms with Gasteiger partial charge in [-0.3, -0.25) is 9.79 Å². The number of anilines is 1. The molecular weight excluding hydrogens is 414 g/mol. The van der Waals surface area contributed by atoms with Crippen molar-refractivity contribution >= 4 is 29.2 Å². The van der Waals surface area contributed by atoms with Gasteiger partial charge in [-0.05, 0) is 42.3 Å². The number of guanidine groups is 1. The molecule has 1 amide bonds. The minimum absolute atomic E-state index is 0.000827. The van der Waals surface area contributed by atoms with Gasteiger partial charge in [0.1, 0.15) is 5.75 Å². The van der Waals surface area contributed by atoms with Gasteiger partial charge in [-0.25, -0.2) is 0 Å². The van der Waals surface area contributed by atoms with Gasteiger partial charge < -0.3 is 25.2 Å². The van der Waals surface area contributed by atoms with Crippen molar-refractivity contribution in [2.24, 2.45) is 4.99 Å². The van der Waals surface area contributed by atoms with Gasteiger partial charge >= 0.3 is 0 Å². The van der Waals surface area contributed by atoms with Crippen LogP contribution in [0.5, 0.6) is 5.75 Å². The third-order valence-electron chi connectivity index (χ3n) is 5.30. The molecule has 7 nitrogen and oxygen atoms in total. The fourth-order valence-corrected chi connectivity index (χ4v) is 3.77. The minimum atomic E-state index is -0.000827. The lowest BCUT2D eigenvalue weighted by Gasteiger charge is -2.22. The van der Waals surface area contributed by atoms with E-state index in [4.69, 9.17) is 16.3 Å². The Kier molecular flexibility index (Phi) is 7.63. The lowest BCUT2D eigenvalue weighted by Crippen LogP contribution is -2.44. The number of rotatable bonds is 6. The van der Waals surface area contributed by atoms with Gasteiger partial charge in [0.25, 0.3) is 5.91 Å². The Hall–Kier alpha value is -2.93. The number of methoxy groups -OCH3 is 1. The van der Waals surface area contributed by atoms with Crippen LogP contribution in [0.3, 0.4) is 0 Å². The first-order valence-corrected chi connectivity index (χ1v) is 10.7. The molecule has 31 heavy (non-hydrogen) atoms. The molecule has 1 atom stereocenters. The first-order chi connectivity index (χ1) is 14.9. The van der Waals surface area contributed by atoms with Gasteiger partial charge in [0.05, 0.1) is 12.8 Å². The van der Waals surface area contributed by atoms with Crippen molar-refractivity contribution in [2.75, 3.05) is 46.2 Å². The fourth-order valence-electron chi connectivity index (χ4n) is 3.60. The molecular formula is C23H30ClN5O2. The van der Waals surface area contributed by atoms with Crippen LogP contribution >= 0.6 is 11.6 Å². The first-order valence-electron chi connectivity index (χ1n) is 10.3. The standard InChI is InChI=1S/C23H30ClN5O2/c1-25-23(26-14-16-5-7-17(8-6-16)22(30)28(2)3)27-19-11-12-29(15-19)20-13-18(24)9-10-21(20)31-4/h5-10,13,19H,11-12,14-15H2,1-4H3,(H2,25,26,27). The lowest BCUT2D eigenvalue weighted by atomic mass is 10.1. The molecule has 1 fully saturated rings. The van der Waals surface area contributed by atoms with Crippen LogP contribution in [-0.2, 0) is 6.54 Å². The van der Waals surface area contributed by atoms with Crippen LogP contribution in [0.1, 0.15) is 22.3 Å². The number of carbonyl (C=O) groups is 1. The lowest BCUT2D eigenvalue weighted by molar-refractivity contribution is 0.0827. The summed E-state index contributed by atoms with van der Waals surface area (Å²) < 4.78 is 5.49. The third kappa shape index (κ3) is 5.82. The molecule has 1 aliphatic heterocycles. The molecule has 0 spiro atoms. The molecule has 3 rings (SSSR count). The molecule has 0 bridgehead atoms. The predicted octanol–water partition coefficient (Wildman–Crippen LogP) is 2.99. The summed E-state index contributed by atoms with van der Waals surface area (Å²) in [6, 6.07) is 13.6. The van der Waals surface area contributed by atoms with E-state index in [1.807, 2.05) is 42.5 Å². The second-order valence-corrected chi connectivity index (χ2v) is 8.15. The predicted molar refractivity (Wildman–Crippen MR) is 126 cm³/mol. The van der Waals surface area contributed by atoms with E-state index in [2.05, 4.69) is 20.5 Å². The molecule has 2 aromatic carbocycles. The summed E-state index contributed by atoms with van der Waals surface area (Å²) in [5, 5.41) is 7.54. The monoisotopic (exact) mass is 443 g/mol. The third-order valence-corrected chi connectivity index (χ3v) is 5.54. The number of nitrogens with one attached hydrogen (secondary N) is 2. The second kappa shape index (κ2) is 10.4. The number of halogens is 1. The van der Waals surface area contributed by atoms with Crippen LogP contribution in [0.4, 0.5) is 5.69 Å². The number of amides is 1. The van der Waals surface area contributed by atoms with E-state index < -0.39 is 0 Å². The minimum Gasteiger partial charge on any atom is -0.495 e. The highest BCUT2D eigenvalue weighted by Gasteiger charge is 2.25. The Labute approximate surface area is 189 Å². The molecule has 1 unspecified atom stereocenters. The van der Waals surface area contributed by atoms with Gasteiger partial charge in [-0.1, -0.05) is 23.7 Å². The van der Waals surface area contributed by atoms with Crippen LogP contribution in [-0.4, -0.2) is 64.2 Å². The zero-order chi connectivity index (χ0) is 22.4. The molecule has 2 N–H and O–H groups in total. The topological polar surface area (TPSA) is 69.2 Å². The Morgan fingerprint density at radius 2 is 2.00 bits per heavy atom. The average Bonchev–Trinajstić information content (AvgIpc) is 3.24. The maximum absolute atomic E-state index is 12.0. The van der Waals surface area contributed by atoms with Crippen LogP contribution < -0.4 is 20.3 Å². The SMILES string of the molecule is CN=C(NCc1ccc(C(=O)N(C)C)cc1)NC1CCN(c2cc(Cl)ccc2OC)C1. The van der Waals surface area contributed by atoms with E-state index in [1.165, 1.54) is 0 Å². The summed E-state index contributed by atoms with van der Waals surface area (Å²) in [6.07, 6.45) is 0.984. The summed E-state index contributed by atoms with van der Waals surface area (Å²) in [4.78, 5) is 20.2. The zero-order valence-electron chi connectivity index (χ0n) is 18.5. The van der Waals surface area contributed by atoms with E-state index in [0.29, 0.717) is 17.1 Å². The van der Waals surface area contributed by atoms with Crippen molar-refractivity contribution in [1.29, 1.82) is 0 Å². The van der Waals surface area contributed by atoms with Gasteiger partial charge in [0.15, 0.2) is 5.96 Å². The van der Waals surface area contributed by atoms with Gasteiger partial charge in [0.2, 0.25) is 0 Å². The molecule has 8 heteroatoms. The van der Waals surface area contributed by atoms with Crippen molar-refractivity contribution in [3.8, 4) is 5.75 Å². The summed E-state index contributed by atoms with van der Waals surface area (Å²) in [5.74, 6) is 1.57. The largest absolute Gasteiger partial charge is 0.495 e. The molecule has 0 aliphatic carbocycles. The fraction of sp³-hybridized carbons (Fsp3) is 0.391. The van der Waals surface area contributed by atoms with Crippen molar-refractivity contribution < 1.29 is 9.53 Å². The van der Waals surface area contributed by atoms with Crippen molar-refractivity contribution in [3.05, 3.63) is 58.6 Å². The quantitative estimate of drug-likeness (QED) is 0.530. The number of nitrogens with zero attached hydrogens (tertiary/aromatic N) is 3. The zero-order valence-corrected chi connectivity index (χ0v) is 19.2. The van der Waals surface area contributed by atoms with Gasteiger partial charge in [0, 0.05) is 57.4 Å². The molecule has 2 aromatic rings. The summed E-state index contributed by atoms with van der Waals surface area (Å²) in [5.41, 5.74) is 2.77. The Bertz CT molecular complexity index is 930. The highest BCUT2D eigenvalue weighted by molar-refractivity contribution is 6.30. The van der Waals surface area contributed by atoms with Crippen LogP contribution in [0, 0.1) is 0 Å². The van der Waals surface area contributed by atoms with Crippen LogP contribution in [0.2, 0.25) is 5.02 Å². The van der Waals surface area contributed by atoms with E-state index in [9.17, 15) is 4.79 Å². The number of ether oxygens (including phenoxy) is 1. The van der Waals surface area contributed by atoms with E-state index in [-0.39, 0.29) is 11.9 Å². The molecule has 0 saturated carbocycles. The van der Waals surface area contributed by atoms with Crippen LogP contribution in [0.15, 0.2) is 47.5 Å². The molecule has 1 heterocycles. The summed E-state index contributed by atoms with van der Waals surface area (Å²) in [6.45, 7) is 2.36. The van der Waals surface area contributed by atoms with E-state index in [1.54, 1.807) is 33.2 Å². The molecule has 0 radical (unpaired) electrons. The highest BCUT2D eigenvalue weighted by atomic mass is 35.5. The summed E-state index contributed by atoms with van der Waals surface area (Å²) in [7, 11) is 6.94. The number of benzene rings is 2. The first kappa shape index (κ1) is 22.7. The van der Waals surface area contributed by atoms with Crippen molar-refractivity contribution in [2.45, 2.75) is 19.0 Å². The number of hydrogen-bond acceptors (Lipinski definition) is 4.